The number of alkyl halides is 2. The average molecular weight is 415 g/mol. The molecule has 4 rings (SSSR count). The van der Waals surface area contributed by atoms with E-state index in [0.717, 1.165) is 14.8 Å². The minimum Gasteiger partial charge on any atom is -0.350 e. The molecule has 2 aromatic heterocycles. The maximum absolute atomic E-state index is 13.6. The lowest BCUT2D eigenvalue weighted by Gasteiger charge is -2.19. The summed E-state index contributed by atoms with van der Waals surface area (Å²) in [4.78, 5) is 21.4. The number of aromatic nitrogens is 3. The quantitative estimate of drug-likeness (QED) is 0.478. The Labute approximate surface area is 169 Å². The van der Waals surface area contributed by atoms with Crippen LogP contribution in [-0.4, -0.2) is 26.5 Å². The second-order valence-corrected chi connectivity index (χ2v) is 7.72. The second kappa shape index (κ2) is 7.75. The maximum atomic E-state index is 13.6. The standard InChI is InChI=1S/C20H19F2N5OS/c1-11(17-25-13-7-3-5-9-15(13)27(17)19(21)22)23-18(28)12(2)24-20-26-14-8-4-6-10-16(14)29-20/h3-12,19H,1-2H3,(H,23,28)(H,24,26). The van der Waals surface area contributed by atoms with Gasteiger partial charge in [-0.05, 0) is 38.1 Å². The van der Waals surface area contributed by atoms with Crippen molar-refractivity contribution in [2.75, 3.05) is 5.32 Å². The zero-order valence-corrected chi connectivity index (χ0v) is 16.6. The third-order valence-corrected chi connectivity index (χ3v) is 5.56. The highest BCUT2D eigenvalue weighted by Crippen LogP contribution is 2.27. The van der Waals surface area contributed by atoms with Crippen LogP contribution < -0.4 is 10.6 Å². The molecule has 6 nitrogen and oxygen atoms in total. The number of fused-ring (bicyclic) bond motifs is 2. The van der Waals surface area contributed by atoms with E-state index in [4.69, 9.17) is 0 Å². The summed E-state index contributed by atoms with van der Waals surface area (Å²) < 4.78 is 29.1. The Hall–Kier alpha value is -3.07. The van der Waals surface area contributed by atoms with E-state index in [0.29, 0.717) is 16.2 Å². The number of hydrogen-bond donors (Lipinski definition) is 2. The number of imidazole rings is 1. The van der Waals surface area contributed by atoms with Crippen molar-refractivity contribution in [2.24, 2.45) is 0 Å². The normalized spacial score (nSPS) is 13.7. The molecule has 4 aromatic rings. The van der Waals surface area contributed by atoms with Crippen LogP contribution >= 0.6 is 11.3 Å². The van der Waals surface area contributed by atoms with Crippen LogP contribution in [0.1, 0.15) is 32.3 Å². The highest BCUT2D eigenvalue weighted by Gasteiger charge is 2.24. The number of nitrogens with one attached hydrogen (secondary N) is 2. The number of carbonyl (C=O) groups excluding carboxylic acids is 1. The number of nitrogens with zero attached hydrogens (tertiary/aromatic N) is 3. The summed E-state index contributed by atoms with van der Waals surface area (Å²) in [5.41, 5.74) is 1.65. The maximum Gasteiger partial charge on any atom is 0.320 e. The van der Waals surface area contributed by atoms with Crippen molar-refractivity contribution in [3.05, 3.63) is 54.4 Å². The van der Waals surface area contributed by atoms with Crippen LogP contribution in [-0.2, 0) is 4.79 Å². The van der Waals surface area contributed by atoms with Crippen molar-refractivity contribution in [1.82, 2.24) is 19.9 Å². The molecule has 29 heavy (non-hydrogen) atoms. The van der Waals surface area contributed by atoms with E-state index in [2.05, 4.69) is 20.6 Å². The van der Waals surface area contributed by atoms with Crippen molar-refractivity contribution in [3.63, 3.8) is 0 Å². The first-order chi connectivity index (χ1) is 13.9. The molecule has 0 aliphatic carbocycles. The molecule has 1 amide bonds. The molecule has 2 unspecified atom stereocenters. The fourth-order valence-corrected chi connectivity index (χ4v) is 4.11. The first-order valence-corrected chi connectivity index (χ1v) is 9.93. The van der Waals surface area contributed by atoms with Gasteiger partial charge in [0.25, 0.3) is 0 Å². The topological polar surface area (TPSA) is 71.8 Å². The van der Waals surface area contributed by atoms with E-state index in [1.165, 1.54) is 11.3 Å². The van der Waals surface area contributed by atoms with Crippen molar-refractivity contribution >= 4 is 43.6 Å². The van der Waals surface area contributed by atoms with E-state index in [1.807, 2.05) is 24.3 Å². The lowest BCUT2D eigenvalue weighted by Crippen LogP contribution is -2.39. The van der Waals surface area contributed by atoms with Crippen LogP contribution in [0.2, 0.25) is 0 Å². The molecule has 0 saturated heterocycles. The van der Waals surface area contributed by atoms with Crippen molar-refractivity contribution < 1.29 is 13.6 Å². The summed E-state index contributed by atoms with van der Waals surface area (Å²) in [5, 5.41) is 6.46. The van der Waals surface area contributed by atoms with Gasteiger partial charge in [-0.3, -0.25) is 9.36 Å². The highest BCUT2D eigenvalue weighted by molar-refractivity contribution is 7.22. The van der Waals surface area contributed by atoms with Gasteiger partial charge in [0.1, 0.15) is 11.9 Å². The van der Waals surface area contributed by atoms with Crippen LogP contribution in [0.25, 0.3) is 21.3 Å². The average Bonchev–Trinajstić information content (AvgIpc) is 3.28. The van der Waals surface area contributed by atoms with E-state index in [9.17, 15) is 13.6 Å². The van der Waals surface area contributed by atoms with Crippen LogP contribution in [0.5, 0.6) is 0 Å². The lowest BCUT2D eigenvalue weighted by atomic mass is 10.2. The van der Waals surface area contributed by atoms with E-state index in [-0.39, 0.29) is 11.7 Å². The largest absolute Gasteiger partial charge is 0.350 e. The minimum atomic E-state index is -2.75. The summed E-state index contributed by atoms with van der Waals surface area (Å²) in [6, 6.07) is 13.1. The van der Waals surface area contributed by atoms with Gasteiger partial charge >= 0.3 is 6.55 Å². The van der Waals surface area contributed by atoms with Crippen LogP contribution in [0.3, 0.4) is 0 Å². The summed E-state index contributed by atoms with van der Waals surface area (Å²) in [6.07, 6.45) is 0. The predicted octanol–water partition coefficient (Wildman–Crippen LogP) is 4.72. The smallest absolute Gasteiger partial charge is 0.320 e. The first-order valence-electron chi connectivity index (χ1n) is 9.11. The molecule has 0 fully saturated rings. The Morgan fingerprint density at radius 2 is 1.72 bits per heavy atom. The molecular weight excluding hydrogens is 396 g/mol. The fraction of sp³-hybridized carbons (Fsp3) is 0.250. The van der Waals surface area contributed by atoms with Gasteiger partial charge in [-0.2, -0.15) is 8.78 Å². The number of hydrogen-bond acceptors (Lipinski definition) is 5. The number of amides is 1. The molecule has 0 saturated carbocycles. The zero-order valence-electron chi connectivity index (χ0n) is 15.8. The van der Waals surface area contributed by atoms with Gasteiger partial charge in [-0.25, -0.2) is 9.97 Å². The Balaban J connectivity index is 1.50. The van der Waals surface area contributed by atoms with Crippen LogP contribution in [0.15, 0.2) is 48.5 Å². The molecule has 9 heteroatoms. The van der Waals surface area contributed by atoms with E-state index < -0.39 is 18.6 Å². The monoisotopic (exact) mass is 415 g/mol. The minimum absolute atomic E-state index is 0.113. The zero-order chi connectivity index (χ0) is 20.5. The number of anilines is 1. The molecule has 0 radical (unpaired) electrons. The molecule has 0 aliphatic rings. The Morgan fingerprint density at radius 3 is 2.45 bits per heavy atom. The van der Waals surface area contributed by atoms with Crippen molar-refractivity contribution in [2.45, 2.75) is 32.5 Å². The van der Waals surface area contributed by atoms with Crippen LogP contribution in [0, 0.1) is 0 Å². The molecule has 0 bridgehead atoms. The van der Waals surface area contributed by atoms with Gasteiger partial charge in [0, 0.05) is 0 Å². The van der Waals surface area contributed by atoms with Crippen LogP contribution in [0.4, 0.5) is 13.9 Å². The number of benzene rings is 2. The highest BCUT2D eigenvalue weighted by atomic mass is 32.1. The molecule has 2 aromatic carbocycles. The van der Waals surface area contributed by atoms with Crippen molar-refractivity contribution in [1.29, 1.82) is 0 Å². The number of para-hydroxylation sites is 3. The third kappa shape index (κ3) is 3.77. The first kappa shape index (κ1) is 19.3. The summed E-state index contributed by atoms with van der Waals surface area (Å²) in [5.74, 6) is -0.216. The van der Waals surface area contributed by atoms with Gasteiger partial charge in [0.2, 0.25) is 5.91 Å². The van der Waals surface area contributed by atoms with Crippen molar-refractivity contribution in [3.8, 4) is 0 Å². The van der Waals surface area contributed by atoms with Gasteiger partial charge in [-0.15, -0.1) is 0 Å². The van der Waals surface area contributed by atoms with Gasteiger partial charge < -0.3 is 10.6 Å². The Morgan fingerprint density at radius 1 is 1.03 bits per heavy atom. The molecular formula is C20H19F2N5OS. The predicted molar refractivity (Wildman–Crippen MR) is 110 cm³/mol. The Bertz CT molecular complexity index is 1140. The number of rotatable bonds is 6. The SMILES string of the molecule is CC(Nc1nc2ccccc2s1)C(=O)NC(C)c1nc2ccccc2n1C(F)F. The van der Waals surface area contributed by atoms with Gasteiger partial charge in [0.05, 0.1) is 27.3 Å². The molecule has 0 aliphatic heterocycles. The number of carbonyl (C=O) groups is 1. The molecule has 0 spiro atoms. The Kier molecular flexibility index (Phi) is 5.14. The lowest BCUT2D eigenvalue weighted by molar-refractivity contribution is -0.122. The second-order valence-electron chi connectivity index (χ2n) is 6.69. The van der Waals surface area contributed by atoms with E-state index >= 15 is 0 Å². The molecule has 150 valence electrons. The summed E-state index contributed by atoms with van der Waals surface area (Å²) in [7, 11) is 0. The van der Waals surface area contributed by atoms with E-state index in [1.54, 1.807) is 38.1 Å². The third-order valence-electron chi connectivity index (χ3n) is 4.59. The number of halogens is 2. The molecule has 2 heterocycles. The van der Waals surface area contributed by atoms with Gasteiger partial charge in [0.15, 0.2) is 5.13 Å². The van der Waals surface area contributed by atoms with Gasteiger partial charge in [-0.1, -0.05) is 35.6 Å². The molecule has 2 N–H and O–H groups in total. The fourth-order valence-electron chi connectivity index (χ4n) is 3.16. The molecule has 2 atom stereocenters. The number of thiazole rings is 1. The summed E-state index contributed by atoms with van der Waals surface area (Å²) >= 11 is 1.45. The summed E-state index contributed by atoms with van der Waals surface area (Å²) in [6.45, 7) is 0.585.